The molecule has 0 saturated carbocycles. The van der Waals surface area contributed by atoms with E-state index < -0.39 is 0 Å². The Morgan fingerprint density at radius 2 is 1.72 bits per heavy atom. The van der Waals surface area contributed by atoms with Crippen molar-refractivity contribution in [3.05, 3.63) is 64.9 Å². The number of piperidine rings is 1. The normalized spacial score (nSPS) is 14.9. The van der Waals surface area contributed by atoms with E-state index in [0.717, 1.165) is 27.8 Å². The van der Waals surface area contributed by atoms with E-state index >= 15 is 0 Å². The van der Waals surface area contributed by atoms with Gasteiger partial charge in [0.05, 0.1) is 7.11 Å². The van der Waals surface area contributed by atoms with Crippen molar-refractivity contribution in [3.8, 4) is 5.75 Å². The number of methoxy groups -OCH3 is 1. The second-order valence-corrected chi connectivity index (χ2v) is 7.72. The van der Waals surface area contributed by atoms with Gasteiger partial charge in [-0.3, -0.25) is 9.59 Å². The number of benzene rings is 2. The molecule has 4 rings (SSSR count). The SMILES string of the molecule is COc1ccc2oc(C(=O)N3CCC(C(=O)c4ccc(C)cc4)CC3)c(C)c2c1. The minimum Gasteiger partial charge on any atom is -0.497 e. The van der Waals surface area contributed by atoms with Crippen molar-refractivity contribution in [2.75, 3.05) is 20.2 Å². The lowest BCUT2D eigenvalue weighted by molar-refractivity contribution is 0.0625. The number of rotatable bonds is 4. The standard InChI is InChI=1S/C24H25NO4/c1-15-4-6-17(7-5-15)22(26)18-10-12-25(13-11-18)24(27)23-16(2)20-14-19(28-3)8-9-21(20)29-23/h4-9,14,18H,10-13H2,1-3H3. The smallest absolute Gasteiger partial charge is 0.289 e. The molecule has 1 amide bonds. The van der Waals surface area contributed by atoms with Crippen molar-refractivity contribution in [3.63, 3.8) is 0 Å². The molecule has 1 aliphatic rings. The number of amides is 1. The molecule has 2 aromatic carbocycles. The van der Waals surface area contributed by atoms with E-state index in [1.165, 1.54) is 0 Å². The van der Waals surface area contributed by atoms with Gasteiger partial charge in [0.15, 0.2) is 11.5 Å². The molecule has 0 N–H and O–H groups in total. The summed E-state index contributed by atoms with van der Waals surface area (Å²) in [5.74, 6) is 1.12. The molecule has 2 heterocycles. The highest BCUT2D eigenvalue weighted by atomic mass is 16.5. The van der Waals surface area contributed by atoms with E-state index in [9.17, 15) is 9.59 Å². The average Bonchev–Trinajstić information content (AvgIpc) is 3.09. The largest absolute Gasteiger partial charge is 0.497 e. The third kappa shape index (κ3) is 3.65. The monoisotopic (exact) mass is 391 g/mol. The van der Waals surface area contributed by atoms with Gasteiger partial charge in [0.2, 0.25) is 0 Å². The van der Waals surface area contributed by atoms with Gasteiger partial charge in [0, 0.05) is 35.5 Å². The Morgan fingerprint density at radius 1 is 1.03 bits per heavy atom. The number of hydrogen-bond acceptors (Lipinski definition) is 4. The number of fused-ring (bicyclic) bond motifs is 1. The predicted molar refractivity (Wildman–Crippen MR) is 112 cm³/mol. The molecule has 29 heavy (non-hydrogen) atoms. The lowest BCUT2D eigenvalue weighted by Crippen LogP contribution is -2.40. The van der Waals surface area contributed by atoms with Crippen molar-refractivity contribution in [2.45, 2.75) is 26.7 Å². The quantitative estimate of drug-likeness (QED) is 0.600. The number of aryl methyl sites for hydroxylation is 2. The molecule has 0 unspecified atom stereocenters. The third-order valence-electron chi connectivity index (χ3n) is 5.83. The van der Waals surface area contributed by atoms with Gasteiger partial charge in [-0.05, 0) is 44.9 Å². The number of nitrogens with zero attached hydrogens (tertiary/aromatic N) is 1. The average molecular weight is 391 g/mol. The van der Waals surface area contributed by atoms with Crippen LogP contribution in [0, 0.1) is 19.8 Å². The van der Waals surface area contributed by atoms with E-state index in [-0.39, 0.29) is 17.6 Å². The molecule has 3 aromatic rings. The molecule has 1 aliphatic heterocycles. The van der Waals surface area contributed by atoms with Gasteiger partial charge in [-0.2, -0.15) is 0 Å². The van der Waals surface area contributed by atoms with Crippen LogP contribution in [0.15, 0.2) is 46.9 Å². The maximum Gasteiger partial charge on any atom is 0.289 e. The van der Waals surface area contributed by atoms with Crippen LogP contribution in [-0.4, -0.2) is 36.8 Å². The van der Waals surface area contributed by atoms with Crippen LogP contribution in [0.25, 0.3) is 11.0 Å². The van der Waals surface area contributed by atoms with Crippen molar-refractivity contribution in [1.82, 2.24) is 4.90 Å². The number of carbonyl (C=O) groups excluding carboxylic acids is 2. The Bertz CT molecular complexity index is 1060. The summed E-state index contributed by atoms with van der Waals surface area (Å²) >= 11 is 0. The zero-order chi connectivity index (χ0) is 20.5. The molecule has 1 saturated heterocycles. The highest BCUT2D eigenvalue weighted by Gasteiger charge is 2.30. The second kappa shape index (κ2) is 7.74. The molecule has 5 heteroatoms. The lowest BCUT2D eigenvalue weighted by Gasteiger charge is -2.31. The highest BCUT2D eigenvalue weighted by molar-refractivity contribution is 6.00. The van der Waals surface area contributed by atoms with Crippen LogP contribution >= 0.6 is 0 Å². The molecular weight excluding hydrogens is 366 g/mol. The fourth-order valence-electron chi connectivity index (χ4n) is 3.97. The summed E-state index contributed by atoms with van der Waals surface area (Å²) in [5.41, 5.74) is 3.39. The number of ether oxygens (including phenoxy) is 1. The number of Topliss-reactive ketones (excluding diaryl/α,β-unsaturated/α-hetero) is 1. The highest BCUT2D eigenvalue weighted by Crippen LogP contribution is 2.31. The fourth-order valence-corrected chi connectivity index (χ4v) is 3.97. The first-order valence-electron chi connectivity index (χ1n) is 9.95. The number of furan rings is 1. The summed E-state index contributed by atoms with van der Waals surface area (Å²) in [5, 5.41) is 0.886. The Hall–Kier alpha value is -3.08. The minimum absolute atomic E-state index is 0.0391. The van der Waals surface area contributed by atoms with Crippen molar-refractivity contribution in [2.24, 2.45) is 5.92 Å². The van der Waals surface area contributed by atoms with Crippen LogP contribution in [0.1, 0.15) is 44.9 Å². The number of hydrogen-bond donors (Lipinski definition) is 0. The van der Waals surface area contributed by atoms with E-state index in [1.807, 2.05) is 56.3 Å². The first-order valence-corrected chi connectivity index (χ1v) is 9.95. The van der Waals surface area contributed by atoms with Crippen LogP contribution in [0.4, 0.5) is 0 Å². The molecule has 150 valence electrons. The van der Waals surface area contributed by atoms with Gasteiger partial charge < -0.3 is 14.1 Å². The molecule has 0 atom stereocenters. The molecule has 0 spiro atoms. The van der Waals surface area contributed by atoms with E-state index in [1.54, 1.807) is 12.0 Å². The van der Waals surface area contributed by atoms with Gasteiger partial charge in [0.1, 0.15) is 11.3 Å². The topological polar surface area (TPSA) is 59.8 Å². The summed E-state index contributed by atoms with van der Waals surface area (Å²) in [6, 6.07) is 13.2. The predicted octanol–water partition coefficient (Wildman–Crippen LogP) is 4.79. The third-order valence-corrected chi connectivity index (χ3v) is 5.83. The van der Waals surface area contributed by atoms with Crippen LogP contribution < -0.4 is 4.74 Å². The van der Waals surface area contributed by atoms with Crippen LogP contribution in [0.2, 0.25) is 0 Å². The second-order valence-electron chi connectivity index (χ2n) is 7.72. The molecular formula is C24H25NO4. The molecule has 0 radical (unpaired) electrons. The molecule has 1 aromatic heterocycles. The Labute approximate surface area is 170 Å². The first kappa shape index (κ1) is 19.2. The maximum atomic E-state index is 13.0. The summed E-state index contributed by atoms with van der Waals surface area (Å²) in [6.07, 6.45) is 1.34. The first-order chi connectivity index (χ1) is 14.0. The van der Waals surface area contributed by atoms with Crippen molar-refractivity contribution < 1.29 is 18.7 Å². The summed E-state index contributed by atoms with van der Waals surface area (Å²) in [4.78, 5) is 27.6. The molecule has 1 fully saturated rings. The van der Waals surface area contributed by atoms with Gasteiger partial charge in [-0.15, -0.1) is 0 Å². The number of likely N-dealkylation sites (tertiary alicyclic amines) is 1. The molecule has 0 bridgehead atoms. The Morgan fingerprint density at radius 3 is 2.38 bits per heavy atom. The molecule has 0 aliphatic carbocycles. The van der Waals surface area contributed by atoms with Crippen molar-refractivity contribution in [1.29, 1.82) is 0 Å². The van der Waals surface area contributed by atoms with E-state index in [0.29, 0.717) is 37.3 Å². The zero-order valence-electron chi connectivity index (χ0n) is 17.0. The molecule has 5 nitrogen and oxygen atoms in total. The van der Waals surface area contributed by atoms with E-state index in [4.69, 9.17) is 9.15 Å². The summed E-state index contributed by atoms with van der Waals surface area (Å²) in [6.45, 7) is 5.02. The summed E-state index contributed by atoms with van der Waals surface area (Å²) in [7, 11) is 1.62. The van der Waals surface area contributed by atoms with Crippen LogP contribution in [0.5, 0.6) is 5.75 Å². The minimum atomic E-state index is -0.112. The fraction of sp³-hybridized carbons (Fsp3) is 0.333. The number of ketones is 1. The number of carbonyl (C=O) groups is 2. The van der Waals surface area contributed by atoms with Crippen molar-refractivity contribution >= 4 is 22.7 Å². The van der Waals surface area contributed by atoms with Crippen LogP contribution in [-0.2, 0) is 0 Å². The Kier molecular flexibility index (Phi) is 5.14. The van der Waals surface area contributed by atoms with Gasteiger partial charge in [-0.1, -0.05) is 29.8 Å². The zero-order valence-corrected chi connectivity index (χ0v) is 17.0. The van der Waals surface area contributed by atoms with E-state index in [2.05, 4.69) is 0 Å². The van der Waals surface area contributed by atoms with Gasteiger partial charge in [0.25, 0.3) is 5.91 Å². The summed E-state index contributed by atoms with van der Waals surface area (Å²) < 4.78 is 11.1. The maximum absolute atomic E-state index is 13.0. The lowest BCUT2D eigenvalue weighted by atomic mass is 9.88. The van der Waals surface area contributed by atoms with Gasteiger partial charge in [-0.25, -0.2) is 0 Å². The van der Waals surface area contributed by atoms with Crippen LogP contribution in [0.3, 0.4) is 0 Å². The van der Waals surface area contributed by atoms with Gasteiger partial charge >= 0.3 is 0 Å². The Balaban J connectivity index is 1.46.